The third-order valence-corrected chi connectivity index (χ3v) is 7.11. The summed E-state index contributed by atoms with van der Waals surface area (Å²) in [5.74, 6) is 0.900. The number of hydrogen-bond donors (Lipinski definition) is 0. The zero-order valence-electron chi connectivity index (χ0n) is 15.7. The molecule has 0 saturated carbocycles. The summed E-state index contributed by atoms with van der Waals surface area (Å²) in [6.45, 7) is 2.80. The highest BCUT2D eigenvalue weighted by atomic mass is 32.2. The largest absolute Gasteiger partial charge is 0.493 e. The normalized spacial score (nSPS) is 16.4. The monoisotopic (exact) mass is 412 g/mol. The maximum Gasteiger partial charge on any atom is 0.243 e. The summed E-state index contributed by atoms with van der Waals surface area (Å²) in [7, 11) is 1.33. The van der Waals surface area contributed by atoms with E-state index >= 15 is 0 Å². The molecule has 0 N–H and O–H groups in total. The molecule has 0 radical (unpaired) electrons. The lowest BCUT2D eigenvalue weighted by Gasteiger charge is -2.34. The molecular weight excluding hydrogens is 388 g/mol. The topological polar surface area (TPSA) is 68.9 Å². The number of imidazole rings is 1. The minimum Gasteiger partial charge on any atom is -0.493 e. The molecule has 148 valence electrons. The number of piperazine rings is 1. The number of nitrogens with zero attached hydrogens (tertiary/aromatic N) is 4. The van der Waals surface area contributed by atoms with E-state index in [9.17, 15) is 8.42 Å². The molecule has 0 atom stereocenters. The predicted molar refractivity (Wildman–Crippen MR) is 104 cm³/mol. The molecule has 1 fully saturated rings. The number of rotatable bonds is 6. The zero-order valence-corrected chi connectivity index (χ0v) is 17.3. The highest BCUT2D eigenvalue weighted by Gasteiger charge is 2.29. The maximum absolute atomic E-state index is 13.0. The Balaban J connectivity index is 1.69. The fraction of sp³-hybridized carbons (Fsp3) is 0.471. The summed E-state index contributed by atoms with van der Waals surface area (Å²) in [5.41, 5.74) is 0. The van der Waals surface area contributed by atoms with Crippen molar-refractivity contribution in [1.29, 1.82) is 0 Å². The highest BCUT2D eigenvalue weighted by Crippen LogP contribution is 2.30. The van der Waals surface area contributed by atoms with E-state index in [0.717, 1.165) is 4.77 Å². The number of benzene rings is 1. The highest BCUT2D eigenvalue weighted by molar-refractivity contribution is 7.89. The Kier molecular flexibility index (Phi) is 5.89. The van der Waals surface area contributed by atoms with Crippen molar-refractivity contribution in [3.05, 3.63) is 35.4 Å². The van der Waals surface area contributed by atoms with Crippen LogP contribution in [0, 0.1) is 4.77 Å². The molecule has 1 aliphatic rings. The quantitative estimate of drug-likeness (QED) is 0.671. The van der Waals surface area contributed by atoms with Gasteiger partial charge in [-0.1, -0.05) is 0 Å². The van der Waals surface area contributed by atoms with Crippen LogP contribution in [0.15, 0.2) is 35.5 Å². The summed E-state index contributed by atoms with van der Waals surface area (Å²) < 4.78 is 42.4. The van der Waals surface area contributed by atoms with Crippen molar-refractivity contribution in [2.45, 2.75) is 11.6 Å². The molecule has 1 aliphatic heterocycles. The van der Waals surface area contributed by atoms with Crippen molar-refractivity contribution < 1.29 is 17.9 Å². The first-order valence-corrected chi connectivity index (χ1v) is 10.4. The van der Waals surface area contributed by atoms with E-state index < -0.39 is 10.0 Å². The zero-order chi connectivity index (χ0) is 19.6. The van der Waals surface area contributed by atoms with Crippen LogP contribution in [0.25, 0.3) is 0 Å². The van der Waals surface area contributed by atoms with E-state index in [0.29, 0.717) is 44.3 Å². The molecular formula is C17H24N4O4S2. The van der Waals surface area contributed by atoms with Gasteiger partial charge in [0.2, 0.25) is 10.0 Å². The first-order valence-electron chi connectivity index (χ1n) is 8.53. The van der Waals surface area contributed by atoms with Crippen LogP contribution >= 0.6 is 12.2 Å². The molecule has 3 rings (SSSR count). The fourth-order valence-corrected chi connectivity index (χ4v) is 4.69. The molecule has 1 saturated heterocycles. The Hall–Kier alpha value is -1.88. The number of aryl methyl sites for hydroxylation is 1. The number of methoxy groups -OCH3 is 2. The molecule has 1 aromatic heterocycles. The summed E-state index contributed by atoms with van der Waals surface area (Å²) in [6, 6.07) is 4.66. The lowest BCUT2D eigenvalue weighted by Crippen LogP contribution is -2.48. The van der Waals surface area contributed by atoms with Gasteiger partial charge in [0.1, 0.15) is 0 Å². The van der Waals surface area contributed by atoms with Gasteiger partial charge < -0.3 is 18.6 Å². The Morgan fingerprint density at radius 3 is 2.26 bits per heavy atom. The standard InChI is InChI=1S/C17H24N4O4S2/c1-18-6-9-20(17(18)26)13-19-7-10-21(11-8-19)27(22,23)14-4-5-15(24-2)16(12-14)25-3/h4-6,9,12H,7-8,10-11,13H2,1-3H3. The predicted octanol–water partition coefficient (Wildman–Crippen LogP) is 1.54. The van der Waals surface area contributed by atoms with Gasteiger partial charge in [-0.3, -0.25) is 4.90 Å². The van der Waals surface area contributed by atoms with Crippen molar-refractivity contribution in [3.63, 3.8) is 0 Å². The van der Waals surface area contributed by atoms with E-state index in [1.807, 2.05) is 28.6 Å². The van der Waals surface area contributed by atoms with Gasteiger partial charge in [0.15, 0.2) is 16.3 Å². The molecule has 2 heterocycles. The lowest BCUT2D eigenvalue weighted by molar-refractivity contribution is 0.151. The second-order valence-corrected chi connectivity index (χ2v) is 8.64. The first kappa shape index (κ1) is 19.9. The Morgan fingerprint density at radius 1 is 1.04 bits per heavy atom. The molecule has 0 bridgehead atoms. The van der Waals surface area contributed by atoms with Crippen molar-refractivity contribution in [2.24, 2.45) is 7.05 Å². The van der Waals surface area contributed by atoms with Gasteiger partial charge in [-0.25, -0.2) is 8.42 Å². The van der Waals surface area contributed by atoms with Gasteiger partial charge >= 0.3 is 0 Å². The minimum absolute atomic E-state index is 0.207. The van der Waals surface area contributed by atoms with Gasteiger partial charge in [0, 0.05) is 51.7 Å². The molecule has 2 aromatic rings. The average Bonchev–Trinajstić information content (AvgIpc) is 3.00. The summed E-state index contributed by atoms with van der Waals surface area (Å²) in [5, 5.41) is 0. The third-order valence-electron chi connectivity index (χ3n) is 4.69. The van der Waals surface area contributed by atoms with E-state index in [-0.39, 0.29) is 4.90 Å². The average molecular weight is 413 g/mol. The van der Waals surface area contributed by atoms with Gasteiger partial charge in [-0.05, 0) is 24.4 Å². The summed E-state index contributed by atoms with van der Waals surface area (Å²) >= 11 is 5.36. The molecule has 0 unspecified atom stereocenters. The fourth-order valence-electron chi connectivity index (χ4n) is 3.07. The van der Waals surface area contributed by atoms with Crippen molar-refractivity contribution in [2.75, 3.05) is 40.4 Å². The van der Waals surface area contributed by atoms with E-state index in [4.69, 9.17) is 21.7 Å². The molecule has 0 spiro atoms. The maximum atomic E-state index is 13.0. The molecule has 8 nitrogen and oxygen atoms in total. The Morgan fingerprint density at radius 2 is 1.70 bits per heavy atom. The second kappa shape index (κ2) is 8.01. The van der Waals surface area contributed by atoms with Gasteiger partial charge in [-0.2, -0.15) is 4.31 Å². The first-order chi connectivity index (χ1) is 12.9. The summed E-state index contributed by atoms with van der Waals surface area (Å²) in [6.07, 6.45) is 3.86. The minimum atomic E-state index is -3.58. The van der Waals surface area contributed by atoms with Crippen LogP contribution in [0.2, 0.25) is 0 Å². The Bertz CT molecular complexity index is 960. The summed E-state index contributed by atoms with van der Waals surface area (Å²) in [4.78, 5) is 2.40. The Labute approximate surface area is 164 Å². The SMILES string of the molecule is COc1ccc(S(=O)(=O)N2CCN(Cn3ccn(C)c3=S)CC2)cc1OC. The van der Waals surface area contributed by atoms with E-state index in [1.165, 1.54) is 24.6 Å². The molecule has 10 heteroatoms. The number of sulfonamides is 1. The van der Waals surface area contributed by atoms with Crippen LogP contribution in [-0.4, -0.2) is 67.2 Å². The lowest BCUT2D eigenvalue weighted by atomic mass is 10.3. The van der Waals surface area contributed by atoms with E-state index in [1.54, 1.807) is 12.1 Å². The number of ether oxygens (including phenoxy) is 2. The molecule has 0 amide bonds. The number of hydrogen-bond acceptors (Lipinski definition) is 6. The van der Waals surface area contributed by atoms with Crippen LogP contribution in [0.1, 0.15) is 0 Å². The smallest absolute Gasteiger partial charge is 0.243 e. The molecule has 27 heavy (non-hydrogen) atoms. The van der Waals surface area contributed by atoms with Crippen molar-refractivity contribution in [1.82, 2.24) is 18.3 Å². The van der Waals surface area contributed by atoms with E-state index in [2.05, 4.69) is 4.90 Å². The van der Waals surface area contributed by atoms with Crippen LogP contribution in [0.3, 0.4) is 0 Å². The van der Waals surface area contributed by atoms with Crippen LogP contribution in [0.5, 0.6) is 11.5 Å². The van der Waals surface area contributed by atoms with Gasteiger partial charge in [-0.15, -0.1) is 0 Å². The molecule has 1 aromatic carbocycles. The van der Waals surface area contributed by atoms with Gasteiger partial charge in [0.05, 0.1) is 25.8 Å². The van der Waals surface area contributed by atoms with Crippen molar-refractivity contribution >= 4 is 22.2 Å². The third kappa shape index (κ3) is 4.03. The molecule has 0 aliphatic carbocycles. The van der Waals surface area contributed by atoms with Crippen LogP contribution < -0.4 is 9.47 Å². The second-order valence-electron chi connectivity index (χ2n) is 6.34. The van der Waals surface area contributed by atoms with Crippen molar-refractivity contribution in [3.8, 4) is 11.5 Å². The number of aromatic nitrogens is 2. The van der Waals surface area contributed by atoms with Gasteiger partial charge in [0.25, 0.3) is 0 Å². The van der Waals surface area contributed by atoms with Crippen LogP contribution in [-0.2, 0) is 23.7 Å². The van der Waals surface area contributed by atoms with Crippen LogP contribution in [0.4, 0.5) is 0 Å².